The Morgan fingerprint density at radius 3 is 2.19 bits per heavy atom. The molecule has 0 aliphatic heterocycles. The van der Waals surface area contributed by atoms with Crippen LogP contribution in [-0.2, 0) is 14.3 Å². The molecule has 27 heavy (non-hydrogen) atoms. The highest BCUT2D eigenvalue weighted by atomic mass is 16.5. The van der Waals surface area contributed by atoms with Gasteiger partial charge < -0.3 is 10.1 Å². The number of carbonyl (C=O) groups is 4. The monoisotopic (exact) mass is 363 g/mol. The van der Waals surface area contributed by atoms with Crippen molar-refractivity contribution < 1.29 is 23.9 Å². The molecule has 2 aliphatic carbocycles. The van der Waals surface area contributed by atoms with Crippen LogP contribution in [0.25, 0.3) is 0 Å². The molecule has 0 spiro atoms. The van der Waals surface area contributed by atoms with Crippen LogP contribution in [-0.4, -0.2) is 29.5 Å². The fourth-order valence-corrected chi connectivity index (χ4v) is 3.06. The Hall–Kier alpha value is -3.28. The minimum Gasteiger partial charge on any atom is -0.452 e. The number of anilines is 1. The number of hydrogen-bond donors (Lipinski definition) is 1. The number of ether oxygens (including phenoxy) is 1. The molecule has 2 aliphatic rings. The van der Waals surface area contributed by atoms with Gasteiger partial charge in [-0.25, -0.2) is 0 Å². The van der Waals surface area contributed by atoms with Gasteiger partial charge in [-0.15, -0.1) is 0 Å². The second-order valence-corrected chi connectivity index (χ2v) is 6.81. The fourth-order valence-electron chi connectivity index (χ4n) is 3.06. The largest absolute Gasteiger partial charge is 0.452 e. The summed E-state index contributed by atoms with van der Waals surface area (Å²) in [5.74, 6) is -1.42. The van der Waals surface area contributed by atoms with E-state index in [0.29, 0.717) is 22.4 Å². The number of nitrogens with one attached hydrogen (secondary N) is 1. The zero-order chi connectivity index (χ0) is 19.1. The summed E-state index contributed by atoms with van der Waals surface area (Å²) in [5.41, 5.74) is 1.66. The molecule has 1 fully saturated rings. The van der Waals surface area contributed by atoms with Crippen LogP contribution in [0, 0.1) is 5.92 Å². The van der Waals surface area contributed by atoms with Crippen molar-refractivity contribution in [1.82, 2.24) is 0 Å². The molecule has 1 saturated carbocycles. The maximum Gasteiger partial charge on any atom is 0.309 e. The zero-order valence-electron chi connectivity index (χ0n) is 14.7. The van der Waals surface area contributed by atoms with Crippen LogP contribution in [0.15, 0.2) is 42.5 Å². The van der Waals surface area contributed by atoms with E-state index in [1.165, 1.54) is 19.1 Å². The number of rotatable bonds is 4. The third-order valence-electron chi connectivity index (χ3n) is 4.77. The lowest BCUT2D eigenvalue weighted by Gasteiger charge is -2.19. The predicted molar refractivity (Wildman–Crippen MR) is 96.7 cm³/mol. The average molecular weight is 363 g/mol. The van der Waals surface area contributed by atoms with Gasteiger partial charge in [-0.3, -0.25) is 19.2 Å². The number of hydrogen-bond acceptors (Lipinski definition) is 5. The van der Waals surface area contributed by atoms with Crippen LogP contribution < -0.4 is 5.32 Å². The fraction of sp³-hybridized carbons (Fsp3) is 0.238. The van der Waals surface area contributed by atoms with Crippen LogP contribution in [0.3, 0.4) is 0 Å². The van der Waals surface area contributed by atoms with Gasteiger partial charge in [-0.05, 0) is 38.0 Å². The van der Waals surface area contributed by atoms with E-state index in [0.717, 1.165) is 12.8 Å². The van der Waals surface area contributed by atoms with Gasteiger partial charge in [-0.1, -0.05) is 24.3 Å². The summed E-state index contributed by atoms with van der Waals surface area (Å²) in [6.07, 6.45) is 0.665. The highest BCUT2D eigenvalue weighted by Gasteiger charge is 2.34. The number of benzene rings is 2. The first-order valence-electron chi connectivity index (χ1n) is 8.79. The van der Waals surface area contributed by atoms with Crippen molar-refractivity contribution in [2.45, 2.75) is 25.9 Å². The van der Waals surface area contributed by atoms with Crippen molar-refractivity contribution >= 4 is 29.1 Å². The van der Waals surface area contributed by atoms with Crippen LogP contribution in [0.4, 0.5) is 5.69 Å². The summed E-state index contributed by atoms with van der Waals surface area (Å²) in [5, 5.41) is 2.64. The zero-order valence-corrected chi connectivity index (χ0v) is 14.7. The molecule has 0 heterocycles. The Bertz CT molecular complexity index is 990. The predicted octanol–water partition coefficient (Wildman–Crippen LogP) is 2.74. The van der Waals surface area contributed by atoms with Crippen LogP contribution >= 0.6 is 0 Å². The average Bonchev–Trinajstić information content (AvgIpc) is 3.51. The second-order valence-electron chi connectivity index (χ2n) is 6.81. The van der Waals surface area contributed by atoms with Gasteiger partial charge in [0.25, 0.3) is 5.91 Å². The van der Waals surface area contributed by atoms with Gasteiger partial charge in [0.15, 0.2) is 17.7 Å². The van der Waals surface area contributed by atoms with Crippen LogP contribution in [0.2, 0.25) is 0 Å². The smallest absolute Gasteiger partial charge is 0.309 e. The van der Waals surface area contributed by atoms with E-state index < -0.39 is 12.0 Å². The maximum absolute atomic E-state index is 12.7. The van der Waals surface area contributed by atoms with Gasteiger partial charge in [0.05, 0.1) is 5.92 Å². The molecule has 136 valence electrons. The Labute approximate surface area is 155 Å². The minimum atomic E-state index is -0.938. The number of fused-ring (bicyclic) bond motifs is 2. The quantitative estimate of drug-likeness (QED) is 0.720. The highest BCUT2D eigenvalue weighted by molar-refractivity contribution is 6.28. The lowest BCUT2D eigenvalue weighted by molar-refractivity contribution is -0.154. The normalized spacial score (nSPS) is 16.2. The Morgan fingerprint density at radius 1 is 0.963 bits per heavy atom. The van der Waals surface area contributed by atoms with E-state index >= 15 is 0 Å². The molecule has 1 N–H and O–H groups in total. The van der Waals surface area contributed by atoms with Crippen molar-refractivity contribution in [3.8, 4) is 0 Å². The third-order valence-corrected chi connectivity index (χ3v) is 4.77. The summed E-state index contributed by atoms with van der Waals surface area (Å²) in [4.78, 5) is 49.2. The van der Waals surface area contributed by atoms with Crippen molar-refractivity contribution in [2.24, 2.45) is 5.92 Å². The molecule has 1 atom stereocenters. The summed E-state index contributed by atoms with van der Waals surface area (Å²) in [7, 11) is 0. The first-order chi connectivity index (χ1) is 13.0. The van der Waals surface area contributed by atoms with E-state index in [-0.39, 0.29) is 29.0 Å². The van der Waals surface area contributed by atoms with Gasteiger partial charge >= 0.3 is 5.97 Å². The minimum absolute atomic E-state index is 0.0901. The van der Waals surface area contributed by atoms with Crippen molar-refractivity contribution in [3.63, 3.8) is 0 Å². The molecular weight excluding hydrogens is 346 g/mol. The van der Waals surface area contributed by atoms with E-state index in [1.54, 1.807) is 30.3 Å². The van der Waals surface area contributed by atoms with Gasteiger partial charge in [0, 0.05) is 27.9 Å². The van der Waals surface area contributed by atoms with Gasteiger partial charge in [0.1, 0.15) is 0 Å². The molecule has 0 aromatic heterocycles. The molecule has 0 saturated heterocycles. The number of carbonyl (C=O) groups excluding carboxylic acids is 4. The van der Waals surface area contributed by atoms with Crippen molar-refractivity contribution in [2.75, 3.05) is 5.32 Å². The van der Waals surface area contributed by atoms with E-state index in [9.17, 15) is 19.2 Å². The number of ketones is 2. The first kappa shape index (κ1) is 17.1. The topological polar surface area (TPSA) is 89.5 Å². The summed E-state index contributed by atoms with van der Waals surface area (Å²) < 4.78 is 5.13. The lowest BCUT2D eigenvalue weighted by atomic mass is 9.84. The Morgan fingerprint density at radius 2 is 1.56 bits per heavy atom. The Balaban J connectivity index is 1.54. The number of esters is 1. The summed E-state index contributed by atoms with van der Waals surface area (Å²) >= 11 is 0. The molecule has 1 amide bonds. The molecular formula is C21H17NO5. The first-order valence-corrected chi connectivity index (χ1v) is 8.79. The Kier molecular flexibility index (Phi) is 4.11. The molecule has 0 radical (unpaired) electrons. The molecule has 4 rings (SSSR count). The molecule has 2 aromatic rings. The van der Waals surface area contributed by atoms with Crippen molar-refractivity contribution in [3.05, 3.63) is 64.7 Å². The molecule has 1 unspecified atom stereocenters. The SMILES string of the molecule is CC(OC(=O)C1CC1)C(=O)Nc1ccc2c(c1)C(=O)c1ccccc1C2=O. The summed E-state index contributed by atoms with van der Waals surface area (Å²) in [6.45, 7) is 1.50. The van der Waals surface area contributed by atoms with Crippen LogP contribution in [0.5, 0.6) is 0 Å². The standard InChI is InChI=1S/C21H17NO5/c1-11(27-21(26)12-6-7-12)20(25)22-13-8-9-16-17(10-13)19(24)15-5-3-2-4-14(15)18(16)23/h2-5,8-12H,6-7H2,1H3,(H,22,25). The second kappa shape index (κ2) is 6.46. The highest BCUT2D eigenvalue weighted by Crippen LogP contribution is 2.31. The third kappa shape index (κ3) is 3.14. The maximum atomic E-state index is 12.7. The summed E-state index contributed by atoms with van der Waals surface area (Å²) in [6, 6.07) is 11.2. The van der Waals surface area contributed by atoms with E-state index in [2.05, 4.69) is 5.32 Å². The molecule has 6 nitrogen and oxygen atoms in total. The van der Waals surface area contributed by atoms with Crippen LogP contribution in [0.1, 0.15) is 51.6 Å². The molecule has 6 heteroatoms. The van der Waals surface area contributed by atoms with Gasteiger partial charge in [-0.2, -0.15) is 0 Å². The van der Waals surface area contributed by atoms with E-state index in [1.807, 2.05) is 0 Å². The number of amides is 1. The van der Waals surface area contributed by atoms with Crippen molar-refractivity contribution in [1.29, 1.82) is 0 Å². The molecule has 0 bridgehead atoms. The van der Waals surface area contributed by atoms with Gasteiger partial charge in [0.2, 0.25) is 0 Å². The lowest BCUT2D eigenvalue weighted by Crippen LogP contribution is -2.30. The molecule has 2 aromatic carbocycles. The van der Waals surface area contributed by atoms with E-state index in [4.69, 9.17) is 4.74 Å².